The molecule has 2 unspecified atom stereocenters. The first-order valence-corrected chi connectivity index (χ1v) is 6.37. The van der Waals surface area contributed by atoms with Crippen molar-refractivity contribution in [1.82, 2.24) is 0 Å². The molecule has 2 atom stereocenters. The standard InChI is InChI=1S/C14H20FNO/c15-12-6-4-5-11(9-12)10-17-14-8-3-1-2-7-13(14)16/h4-6,9,13-14H,1-3,7-8,10,16H2. The molecule has 1 aromatic rings. The molecule has 0 heterocycles. The van der Waals surface area contributed by atoms with Gasteiger partial charge in [0.1, 0.15) is 5.82 Å². The van der Waals surface area contributed by atoms with Crippen molar-refractivity contribution in [3.63, 3.8) is 0 Å². The molecule has 0 radical (unpaired) electrons. The highest BCUT2D eigenvalue weighted by Crippen LogP contribution is 2.20. The maximum Gasteiger partial charge on any atom is 0.123 e. The second kappa shape index (κ2) is 6.12. The maximum absolute atomic E-state index is 13.0. The zero-order valence-electron chi connectivity index (χ0n) is 10.1. The first-order chi connectivity index (χ1) is 8.25. The van der Waals surface area contributed by atoms with Crippen LogP contribution in [0, 0.1) is 5.82 Å². The van der Waals surface area contributed by atoms with Crippen molar-refractivity contribution in [3.05, 3.63) is 35.6 Å². The summed E-state index contributed by atoms with van der Waals surface area (Å²) in [6.07, 6.45) is 5.81. The van der Waals surface area contributed by atoms with E-state index in [-0.39, 0.29) is 18.0 Å². The lowest BCUT2D eigenvalue weighted by Gasteiger charge is -2.21. The van der Waals surface area contributed by atoms with Crippen molar-refractivity contribution in [2.45, 2.75) is 50.9 Å². The second-order valence-corrected chi connectivity index (χ2v) is 4.78. The van der Waals surface area contributed by atoms with E-state index in [1.165, 1.54) is 31.4 Å². The van der Waals surface area contributed by atoms with Gasteiger partial charge in [0.15, 0.2) is 0 Å². The first kappa shape index (κ1) is 12.5. The van der Waals surface area contributed by atoms with Gasteiger partial charge in [0.25, 0.3) is 0 Å². The Balaban J connectivity index is 1.88. The maximum atomic E-state index is 13.0. The van der Waals surface area contributed by atoms with Gasteiger partial charge >= 0.3 is 0 Å². The molecule has 1 fully saturated rings. The number of hydrogen-bond acceptors (Lipinski definition) is 2. The molecule has 1 aliphatic rings. The summed E-state index contributed by atoms with van der Waals surface area (Å²) in [6.45, 7) is 0.454. The predicted molar refractivity (Wildman–Crippen MR) is 66.0 cm³/mol. The van der Waals surface area contributed by atoms with E-state index in [1.54, 1.807) is 6.07 Å². The SMILES string of the molecule is NC1CCCCCC1OCc1cccc(F)c1. The van der Waals surface area contributed by atoms with E-state index in [1.807, 2.05) is 6.07 Å². The highest BCUT2D eigenvalue weighted by atomic mass is 19.1. The van der Waals surface area contributed by atoms with Crippen molar-refractivity contribution in [1.29, 1.82) is 0 Å². The third-order valence-corrected chi connectivity index (χ3v) is 3.36. The molecule has 2 nitrogen and oxygen atoms in total. The fourth-order valence-electron chi connectivity index (χ4n) is 2.34. The number of halogens is 1. The van der Waals surface area contributed by atoms with Crippen LogP contribution in [0.2, 0.25) is 0 Å². The number of nitrogens with two attached hydrogens (primary N) is 1. The highest BCUT2D eigenvalue weighted by molar-refractivity contribution is 5.15. The molecule has 0 spiro atoms. The Bertz CT molecular complexity index is 356. The van der Waals surface area contributed by atoms with Crippen LogP contribution in [0.3, 0.4) is 0 Å². The third-order valence-electron chi connectivity index (χ3n) is 3.36. The van der Waals surface area contributed by atoms with E-state index in [0.717, 1.165) is 18.4 Å². The topological polar surface area (TPSA) is 35.2 Å². The van der Waals surface area contributed by atoms with Crippen molar-refractivity contribution in [2.75, 3.05) is 0 Å². The third kappa shape index (κ3) is 3.79. The normalized spacial score (nSPS) is 25.5. The van der Waals surface area contributed by atoms with E-state index >= 15 is 0 Å². The fraction of sp³-hybridized carbons (Fsp3) is 0.571. The molecule has 0 aromatic heterocycles. The van der Waals surface area contributed by atoms with Gasteiger partial charge < -0.3 is 10.5 Å². The van der Waals surface area contributed by atoms with Gasteiger partial charge in [-0.2, -0.15) is 0 Å². The van der Waals surface area contributed by atoms with Crippen LogP contribution in [0.1, 0.15) is 37.7 Å². The van der Waals surface area contributed by atoms with E-state index in [9.17, 15) is 4.39 Å². The lowest BCUT2D eigenvalue weighted by molar-refractivity contribution is 0.0193. The summed E-state index contributed by atoms with van der Waals surface area (Å²) < 4.78 is 18.8. The number of benzene rings is 1. The summed E-state index contributed by atoms with van der Waals surface area (Å²) in [4.78, 5) is 0. The molecule has 1 aliphatic carbocycles. The summed E-state index contributed by atoms with van der Waals surface area (Å²) in [5, 5.41) is 0. The fourth-order valence-corrected chi connectivity index (χ4v) is 2.34. The van der Waals surface area contributed by atoms with Crippen LogP contribution in [-0.2, 0) is 11.3 Å². The molecule has 2 rings (SSSR count). The molecule has 1 aromatic carbocycles. The minimum absolute atomic E-state index is 0.126. The van der Waals surface area contributed by atoms with Gasteiger partial charge in [-0.15, -0.1) is 0 Å². The Labute approximate surface area is 102 Å². The molecule has 0 bridgehead atoms. The summed E-state index contributed by atoms with van der Waals surface area (Å²) in [7, 11) is 0. The van der Waals surface area contributed by atoms with E-state index < -0.39 is 0 Å². The van der Waals surface area contributed by atoms with Gasteiger partial charge in [0.05, 0.1) is 12.7 Å². The monoisotopic (exact) mass is 237 g/mol. The van der Waals surface area contributed by atoms with Crippen LogP contribution in [-0.4, -0.2) is 12.1 Å². The van der Waals surface area contributed by atoms with E-state index in [4.69, 9.17) is 10.5 Å². The van der Waals surface area contributed by atoms with Crippen molar-refractivity contribution in [3.8, 4) is 0 Å². The zero-order valence-corrected chi connectivity index (χ0v) is 10.1. The molecule has 0 saturated heterocycles. The minimum atomic E-state index is -0.212. The summed E-state index contributed by atoms with van der Waals surface area (Å²) in [5.41, 5.74) is 6.95. The van der Waals surface area contributed by atoms with Gasteiger partial charge in [-0.3, -0.25) is 0 Å². The largest absolute Gasteiger partial charge is 0.372 e. The van der Waals surface area contributed by atoms with Crippen molar-refractivity contribution in [2.24, 2.45) is 5.73 Å². The zero-order chi connectivity index (χ0) is 12.1. The van der Waals surface area contributed by atoms with Crippen LogP contribution in [0.4, 0.5) is 4.39 Å². The van der Waals surface area contributed by atoms with Crippen LogP contribution in [0.25, 0.3) is 0 Å². The molecule has 0 aliphatic heterocycles. The van der Waals surface area contributed by atoms with E-state index in [2.05, 4.69) is 0 Å². The highest BCUT2D eigenvalue weighted by Gasteiger charge is 2.20. The molecule has 0 amide bonds. The Morgan fingerprint density at radius 1 is 1.24 bits per heavy atom. The van der Waals surface area contributed by atoms with Crippen LogP contribution in [0.5, 0.6) is 0 Å². The van der Waals surface area contributed by atoms with Crippen molar-refractivity contribution >= 4 is 0 Å². The Kier molecular flexibility index (Phi) is 4.51. The first-order valence-electron chi connectivity index (χ1n) is 6.37. The average Bonchev–Trinajstić information content (AvgIpc) is 2.52. The average molecular weight is 237 g/mol. The van der Waals surface area contributed by atoms with Gasteiger partial charge in [0.2, 0.25) is 0 Å². The number of hydrogen-bond donors (Lipinski definition) is 1. The van der Waals surface area contributed by atoms with Crippen LogP contribution < -0.4 is 5.73 Å². The molecule has 17 heavy (non-hydrogen) atoms. The molecule has 3 heteroatoms. The van der Waals surface area contributed by atoms with Crippen molar-refractivity contribution < 1.29 is 9.13 Å². The Hall–Kier alpha value is -0.930. The Morgan fingerprint density at radius 3 is 2.88 bits per heavy atom. The number of ether oxygens (including phenoxy) is 1. The summed E-state index contributed by atoms with van der Waals surface area (Å²) in [6, 6.07) is 6.68. The molecule has 1 saturated carbocycles. The van der Waals surface area contributed by atoms with Gasteiger partial charge in [0, 0.05) is 6.04 Å². The molecular formula is C14H20FNO. The Morgan fingerprint density at radius 2 is 2.06 bits per heavy atom. The molecular weight excluding hydrogens is 217 g/mol. The molecule has 2 N–H and O–H groups in total. The van der Waals surface area contributed by atoms with Gasteiger partial charge in [-0.25, -0.2) is 4.39 Å². The minimum Gasteiger partial charge on any atom is -0.372 e. The second-order valence-electron chi connectivity index (χ2n) is 4.78. The smallest absolute Gasteiger partial charge is 0.123 e. The van der Waals surface area contributed by atoms with E-state index in [0.29, 0.717) is 6.61 Å². The lowest BCUT2D eigenvalue weighted by Crippen LogP contribution is -2.35. The lowest BCUT2D eigenvalue weighted by atomic mass is 10.1. The quantitative estimate of drug-likeness (QED) is 0.820. The van der Waals surface area contributed by atoms with Gasteiger partial charge in [-0.1, -0.05) is 31.4 Å². The predicted octanol–water partition coefficient (Wildman–Crippen LogP) is 3.00. The summed E-state index contributed by atoms with van der Waals surface area (Å²) >= 11 is 0. The van der Waals surface area contributed by atoms with Crippen LogP contribution in [0.15, 0.2) is 24.3 Å². The number of rotatable bonds is 3. The van der Waals surface area contributed by atoms with Gasteiger partial charge in [-0.05, 0) is 30.5 Å². The summed E-state index contributed by atoms with van der Waals surface area (Å²) in [5.74, 6) is -0.212. The van der Waals surface area contributed by atoms with Crippen LogP contribution >= 0.6 is 0 Å². The molecule has 94 valence electrons.